The molecule has 3 unspecified atom stereocenters. The molecule has 7 rings (SSSR count). The van der Waals surface area contributed by atoms with Crippen LogP contribution >= 0.6 is 0 Å². The van der Waals surface area contributed by atoms with Crippen molar-refractivity contribution in [2.75, 3.05) is 49.2 Å². The van der Waals surface area contributed by atoms with Crippen molar-refractivity contribution in [1.29, 1.82) is 0 Å². The molecule has 0 radical (unpaired) electrons. The third-order valence-corrected chi connectivity index (χ3v) is 9.15. The monoisotopic (exact) mass is 672 g/mol. The molecule has 0 saturated carbocycles. The first-order chi connectivity index (χ1) is 23.8. The Hall–Kier alpha value is -5.08. The second kappa shape index (κ2) is 13.8. The summed E-state index contributed by atoms with van der Waals surface area (Å²) in [6, 6.07) is 19.3. The first-order valence-electron chi connectivity index (χ1n) is 16.4. The smallest absolute Gasteiger partial charge is 0.350 e. The largest absolute Gasteiger partial charge is 0.491 e. The minimum atomic E-state index is -1.53. The average Bonchev–Trinajstić information content (AvgIpc) is 3.88. The average molecular weight is 673 g/mol. The molecule has 0 spiro atoms. The van der Waals surface area contributed by atoms with Crippen molar-refractivity contribution in [2.45, 2.75) is 44.7 Å². The van der Waals surface area contributed by atoms with Crippen LogP contribution in [0.15, 0.2) is 90.2 Å². The Kier molecular flexibility index (Phi) is 9.15. The molecule has 49 heavy (non-hydrogen) atoms. The van der Waals surface area contributed by atoms with Gasteiger partial charge in [0, 0.05) is 55.2 Å². The number of ether oxygens (including phenoxy) is 3. The highest BCUT2D eigenvalue weighted by Gasteiger charge is 2.46. The molecule has 2 aliphatic rings. The quantitative estimate of drug-likeness (QED) is 0.200. The van der Waals surface area contributed by atoms with Crippen molar-refractivity contribution in [3.05, 3.63) is 113 Å². The van der Waals surface area contributed by atoms with Gasteiger partial charge in [0.2, 0.25) is 5.79 Å². The lowest BCUT2D eigenvalue weighted by atomic mass is 10.0. The van der Waals surface area contributed by atoms with Crippen molar-refractivity contribution < 1.29 is 23.0 Å². The van der Waals surface area contributed by atoms with Gasteiger partial charge in [-0.3, -0.25) is 4.57 Å². The van der Waals surface area contributed by atoms with Crippen LogP contribution in [0.25, 0.3) is 5.69 Å². The van der Waals surface area contributed by atoms with E-state index in [1.807, 2.05) is 62.4 Å². The molecule has 256 valence electrons. The topological polar surface area (TPSA) is 105 Å². The fourth-order valence-electron chi connectivity index (χ4n) is 6.23. The Balaban J connectivity index is 0.925. The summed E-state index contributed by atoms with van der Waals surface area (Å²) >= 11 is 0. The molecule has 12 nitrogen and oxygen atoms in total. The maximum atomic E-state index is 14.9. The number of benzene rings is 3. The summed E-state index contributed by atoms with van der Waals surface area (Å²) in [5, 5.41) is 12.5. The predicted molar refractivity (Wildman–Crippen MR) is 178 cm³/mol. The Morgan fingerprint density at radius 1 is 0.898 bits per heavy atom. The van der Waals surface area contributed by atoms with E-state index in [0.717, 1.165) is 55.7 Å². The van der Waals surface area contributed by atoms with Gasteiger partial charge in [-0.1, -0.05) is 6.92 Å². The van der Waals surface area contributed by atoms with Crippen molar-refractivity contribution in [3.63, 3.8) is 0 Å². The summed E-state index contributed by atoms with van der Waals surface area (Å²) in [5.41, 5.74) is 2.88. The first kappa shape index (κ1) is 32.5. The zero-order valence-corrected chi connectivity index (χ0v) is 27.4. The number of hydrogen-bond donors (Lipinski definition) is 0. The maximum Gasteiger partial charge on any atom is 0.350 e. The van der Waals surface area contributed by atoms with Crippen molar-refractivity contribution in [3.8, 4) is 11.4 Å². The minimum Gasteiger partial charge on any atom is -0.491 e. The number of piperazine rings is 1. The molecule has 0 N–H and O–H groups in total. The van der Waals surface area contributed by atoms with Crippen LogP contribution in [0.3, 0.4) is 0 Å². The molecule has 5 aromatic rings. The number of aromatic nitrogens is 6. The van der Waals surface area contributed by atoms with Crippen molar-refractivity contribution in [1.82, 2.24) is 29.3 Å². The van der Waals surface area contributed by atoms with E-state index in [-0.39, 0.29) is 37.1 Å². The Bertz CT molecular complexity index is 1910. The van der Waals surface area contributed by atoms with E-state index in [1.165, 1.54) is 34.0 Å². The molecular formula is C35H38F2N8O4. The van der Waals surface area contributed by atoms with Crippen LogP contribution in [0.2, 0.25) is 0 Å². The van der Waals surface area contributed by atoms with E-state index in [1.54, 1.807) is 10.9 Å². The molecule has 2 aromatic heterocycles. The SMILES string of the molecule is CCC(C)n1cnn(-c2ccc(N3CCN(c4ccc(OCC5COC(Cn6nccn6)(c6ccc(F)cc6F)O5)cc4)CC3)cc2)c1=O. The highest BCUT2D eigenvalue weighted by molar-refractivity contribution is 5.54. The zero-order chi connectivity index (χ0) is 34.0. The fourth-order valence-corrected chi connectivity index (χ4v) is 6.23. The number of anilines is 2. The predicted octanol–water partition coefficient (Wildman–Crippen LogP) is 4.55. The van der Waals surface area contributed by atoms with Gasteiger partial charge >= 0.3 is 5.69 Å². The van der Waals surface area contributed by atoms with E-state index in [2.05, 4.69) is 25.1 Å². The van der Waals surface area contributed by atoms with E-state index in [9.17, 15) is 13.6 Å². The van der Waals surface area contributed by atoms with Gasteiger partial charge in [-0.2, -0.15) is 24.8 Å². The molecule has 3 atom stereocenters. The Morgan fingerprint density at radius 3 is 2.16 bits per heavy atom. The summed E-state index contributed by atoms with van der Waals surface area (Å²) in [6.07, 6.45) is 4.96. The molecule has 2 fully saturated rings. The normalized spacial score (nSPS) is 20.1. The van der Waals surface area contributed by atoms with Crippen molar-refractivity contribution in [2.24, 2.45) is 0 Å². The number of halogens is 2. The van der Waals surface area contributed by atoms with E-state index < -0.39 is 23.5 Å². The van der Waals surface area contributed by atoms with Gasteiger partial charge in [0.25, 0.3) is 0 Å². The van der Waals surface area contributed by atoms with Crippen LogP contribution in [-0.4, -0.2) is 74.8 Å². The second-order valence-electron chi connectivity index (χ2n) is 12.3. The highest BCUT2D eigenvalue weighted by Crippen LogP contribution is 2.38. The lowest BCUT2D eigenvalue weighted by molar-refractivity contribution is -0.194. The third kappa shape index (κ3) is 6.78. The van der Waals surface area contributed by atoms with E-state index in [4.69, 9.17) is 14.2 Å². The molecule has 2 saturated heterocycles. The van der Waals surface area contributed by atoms with Crippen LogP contribution in [0.4, 0.5) is 20.2 Å². The Morgan fingerprint density at radius 2 is 1.53 bits per heavy atom. The lowest BCUT2D eigenvalue weighted by Crippen LogP contribution is -2.46. The lowest BCUT2D eigenvalue weighted by Gasteiger charge is -2.37. The van der Waals surface area contributed by atoms with Crippen molar-refractivity contribution >= 4 is 11.4 Å². The second-order valence-corrected chi connectivity index (χ2v) is 12.3. The van der Waals surface area contributed by atoms with Gasteiger partial charge in [-0.25, -0.2) is 13.6 Å². The fraction of sp³-hybridized carbons (Fsp3) is 0.371. The highest BCUT2D eigenvalue weighted by atomic mass is 19.1. The summed E-state index contributed by atoms with van der Waals surface area (Å²) in [7, 11) is 0. The molecule has 0 amide bonds. The summed E-state index contributed by atoms with van der Waals surface area (Å²) in [6.45, 7) is 7.76. The van der Waals surface area contributed by atoms with Crippen LogP contribution < -0.4 is 20.2 Å². The number of rotatable bonds is 11. The zero-order valence-electron chi connectivity index (χ0n) is 27.4. The molecule has 0 bridgehead atoms. The molecule has 4 heterocycles. The van der Waals surface area contributed by atoms with Crippen LogP contribution in [0.1, 0.15) is 31.9 Å². The van der Waals surface area contributed by atoms with Gasteiger partial charge in [-0.05, 0) is 74.0 Å². The number of hydrogen-bond acceptors (Lipinski definition) is 9. The standard InChI is InChI=1S/C35H38F2N8O4/c1-3-25(2)43-24-40-45(34(43)46)29-7-5-27(6-8-29)41-16-18-42(19-17-41)28-9-11-30(12-10-28)47-21-31-22-48-35(49-31,23-44-38-14-15-39-44)32-13-4-26(36)20-33(32)37/h4-15,20,24-25,31H,3,16-19,21-23H2,1-2H3. The first-order valence-corrected chi connectivity index (χ1v) is 16.4. The van der Waals surface area contributed by atoms with Gasteiger partial charge in [0.15, 0.2) is 0 Å². The summed E-state index contributed by atoms with van der Waals surface area (Å²) < 4.78 is 49.9. The molecule has 0 aliphatic carbocycles. The molecular weight excluding hydrogens is 634 g/mol. The molecule has 14 heteroatoms. The minimum absolute atomic E-state index is 0.0155. The van der Waals surface area contributed by atoms with Gasteiger partial charge < -0.3 is 24.0 Å². The Labute approximate surface area is 282 Å². The van der Waals surface area contributed by atoms with Crippen LogP contribution in [0, 0.1) is 11.6 Å². The van der Waals surface area contributed by atoms with Crippen LogP contribution in [-0.2, 0) is 21.8 Å². The molecule has 3 aromatic carbocycles. The third-order valence-electron chi connectivity index (χ3n) is 9.15. The number of nitrogens with zero attached hydrogens (tertiary/aromatic N) is 8. The van der Waals surface area contributed by atoms with E-state index in [0.29, 0.717) is 5.75 Å². The maximum absolute atomic E-state index is 14.9. The van der Waals surface area contributed by atoms with Gasteiger partial charge in [0.05, 0.1) is 24.7 Å². The van der Waals surface area contributed by atoms with E-state index >= 15 is 0 Å². The molecule has 2 aliphatic heterocycles. The summed E-state index contributed by atoms with van der Waals surface area (Å²) in [5.74, 6) is -2.33. The van der Waals surface area contributed by atoms with Crippen LogP contribution in [0.5, 0.6) is 5.75 Å². The summed E-state index contributed by atoms with van der Waals surface area (Å²) in [4.78, 5) is 18.8. The van der Waals surface area contributed by atoms with Gasteiger partial charge in [0.1, 0.15) is 43.0 Å². The van der Waals surface area contributed by atoms with Gasteiger partial charge in [-0.15, -0.1) is 0 Å².